The Balaban J connectivity index is 2.35. The van der Waals surface area contributed by atoms with E-state index in [-0.39, 0.29) is 0 Å². The molecule has 0 aliphatic carbocycles. The lowest BCUT2D eigenvalue weighted by Crippen LogP contribution is -2.24. The summed E-state index contributed by atoms with van der Waals surface area (Å²) in [5.41, 5.74) is 1.45. The summed E-state index contributed by atoms with van der Waals surface area (Å²) in [6.07, 6.45) is 4.90. The Bertz CT molecular complexity index is 286. The van der Waals surface area contributed by atoms with Crippen molar-refractivity contribution in [3.8, 4) is 0 Å². The molecule has 0 aliphatic heterocycles. The molecular formula is C16H27NO. The van der Waals surface area contributed by atoms with E-state index in [1.165, 1.54) is 31.2 Å². The second kappa shape index (κ2) is 10.1. The van der Waals surface area contributed by atoms with Crippen molar-refractivity contribution in [1.82, 2.24) is 5.32 Å². The standard InChI is InChI=1S/C16H27NO/c1-3-17-14-16(11-7-8-12-18-2)13-15-9-5-4-6-10-15/h4-6,9-10,16-17H,3,7-8,11-14H2,1-2H3. The van der Waals surface area contributed by atoms with E-state index < -0.39 is 0 Å². The third-order valence-corrected chi connectivity index (χ3v) is 3.26. The van der Waals surface area contributed by atoms with E-state index in [9.17, 15) is 0 Å². The van der Waals surface area contributed by atoms with Crippen LogP contribution in [0.4, 0.5) is 0 Å². The van der Waals surface area contributed by atoms with Crippen LogP contribution in [0, 0.1) is 5.92 Å². The van der Waals surface area contributed by atoms with Crippen LogP contribution in [0.3, 0.4) is 0 Å². The van der Waals surface area contributed by atoms with Gasteiger partial charge in [0.15, 0.2) is 0 Å². The van der Waals surface area contributed by atoms with E-state index in [0.717, 1.165) is 25.6 Å². The van der Waals surface area contributed by atoms with Crippen LogP contribution in [0.25, 0.3) is 0 Å². The first-order chi connectivity index (χ1) is 8.86. The van der Waals surface area contributed by atoms with E-state index in [1.54, 1.807) is 7.11 Å². The van der Waals surface area contributed by atoms with Crippen LogP contribution in [0.1, 0.15) is 31.7 Å². The van der Waals surface area contributed by atoms with Gasteiger partial charge in [-0.2, -0.15) is 0 Å². The highest BCUT2D eigenvalue weighted by molar-refractivity contribution is 5.15. The Kier molecular flexibility index (Phi) is 8.53. The molecule has 2 heteroatoms. The van der Waals surface area contributed by atoms with Gasteiger partial charge in [-0.15, -0.1) is 0 Å². The zero-order valence-electron chi connectivity index (χ0n) is 11.8. The van der Waals surface area contributed by atoms with Crippen LogP contribution >= 0.6 is 0 Å². The van der Waals surface area contributed by atoms with E-state index in [1.807, 2.05) is 0 Å². The Morgan fingerprint density at radius 3 is 2.61 bits per heavy atom. The summed E-state index contributed by atoms with van der Waals surface area (Å²) < 4.78 is 5.11. The number of ether oxygens (including phenoxy) is 1. The smallest absolute Gasteiger partial charge is 0.0462 e. The summed E-state index contributed by atoms with van der Waals surface area (Å²) in [5, 5.41) is 3.48. The molecule has 0 aliphatic rings. The van der Waals surface area contributed by atoms with Gasteiger partial charge < -0.3 is 10.1 Å². The second-order valence-electron chi connectivity index (χ2n) is 4.85. The summed E-state index contributed by atoms with van der Waals surface area (Å²) in [6, 6.07) is 10.8. The van der Waals surface area contributed by atoms with Crippen LogP contribution < -0.4 is 5.32 Å². The fourth-order valence-corrected chi connectivity index (χ4v) is 2.25. The van der Waals surface area contributed by atoms with Crippen molar-refractivity contribution in [2.24, 2.45) is 5.92 Å². The zero-order valence-corrected chi connectivity index (χ0v) is 11.8. The summed E-state index contributed by atoms with van der Waals surface area (Å²) in [6.45, 7) is 5.24. The van der Waals surface area contributed by atoms with Crippen molar-refractivity contribution in [3.63, 3.8) is 0 Å². The van der Waals surface area contributed by atoms with Crippen LogP contribution in [0.15, 0.2) is 30.3 Å². The zero-order chi connectivity index (χ0) is 13.1. The van der Waals surface area contributed by atoms with Crippen molar-refractivity contribution in [1.29, 1.82) is 0 Å². The third kappa shape index (κ3) is 6.77. The number of unbranched alkanes of at least 4 members (excludes halogenated alkanes) is 1. The van der Waals surface area contributed by atoms with Gasteiger partial charge in [0.25, 0.3) is 0 Å². The Morgan fingerprint density at radius 2 is 1.94 bits per heavy atom. The molecule has 0 fully saturated rings. The normalized spacial score (nSPS) is 12.6. The van der Waals surface area contributed by atoms with Crippen LogP contribution in [0.5, 0.6) is 0 Å². The first-order valence-corrected chi connectivity index (χ1v) is 7.10. The van der Waals surface area contributed by atoms with Gasteiger partial charge in [0, 0.05) is 13.7 Å². The molecule has 0 radical (unpaired) electrons. The van der Waals surface area contributed by atoms with E-state index in [4.69, 9.17) is 4.74 Å². The minimum atomic E-state index is 0.740. The van der Waals surface area contributed by atoms with Crippen LogP contribution in [-0.2, 0) is 11.2 Å². The van der Waals surface area contributed by atoms with Gasteiger partial charge in [0.05, 0.1) is 0 Å². The minimum absolute atomic E-state index is 0.740. The summed E-state index contributed by atoms with van der Waals surface area (Å²) in [7, 11) is 1.78. The molecule has 1 atom stereocenters. The minimum Gasteiger partial charge on any atom is -0.385 e. The first kappa shape index (κ1) is 15.2. The van der Waals surface area contributed by atoms with E-state index in [0.29, 0.717) is 0 Å². The van der Waals surface area contributed by atoms with Crippen molar-refractivity contribution in [3.05, 3.63) is 35.9 Å². The van der Waals surface area contributed by atoms with Crippen LogP contribution in [0.2, 0.25) is 0 Å². The maximum absolute atomic E-state index is 5.11. The SMILES string of the molecule is CCNCC(CCCCOC)Cc1ccccc1. The maximum Gasteiger partial charge on any atom is 0.0462 e. The van der Waals surface area contributed by atoms with Crippen molar-refractivity contribution in [2.45, 2.75) is 32.6 Å². The molecule has 18 heavy (non-hydrogen) atoms. The van der Waals surface area contributed by atoms with Gasteiger partial charge in [0.1, 0.15) is 0 Å². The molecule has 1 N–H and O–H groups in total. The lowest BCUT2D eigenvalue weighted by molar-refractivity contribution is 0.190. The molecule has 0 spiro atoms. The topological polar surface area (TPSA) is 21.3 Å². The average Bonchev–Trinajstić information content (AvgIpc) is 2.41. The lowest BCUT2D eigenvalue weighted by atomic mass is 9.94. The largest absolute Gasteiger partial charge is 0.385 e. The number of nitrogens with one attached hydrogen (secondary N) is 1. The summed E-state index contributed by atoms with van der Waals surface area (Å²) >= 11 is 0. The number of hydrogen-bond acceptors (Lipinski definition) is 2. The van der Waals surface area contributed by atoms with Crippen molar-refractivity contribution < 1.29 is 4.74 Å². The molecule has 0 bridgehead atoms. The molecule has 1 aromatic carbocycles. The van der Waals surface area contributed by atoms with Crippen molar-refractivity contribution in [2.75, 3.05) is 26.8 Å². The molecular weight excluding hydrogens is 222 g/mol. The molecule has 1 aromatic rings. The first-order valence-electron chi connectivity index (χ1n) is 7.10. The van der Waals surface area contributed by atoms with Crippen LogP contribution in [-0.4, -0.2) is 26.8 Å². The quantitative estimate of drug-likeness (QED) is 0.643. The van der Waals surface area contributed by atoms with E-state index in [2.05, 4.69) is 42.6 Å². The number of hydrogen-bond donors (Lipinski definition) is 1. The molecule has 2 nitrogen and oxygen atoms in total. The Morgan fingerprint density at radius 1 is 1.17 bits per heavy atom. The monoisotopic (exact) mass is 249 g/mol. The Hall–Kier alpha value is -0.860. The molecule has 0 amide bonds. The molecule has 0 aromatic heterocycles. The van der Waals surface area contributed by atoms with Gasteiger partial charge >= 0.3 is 0 Å². The molecule has 0 saturated heterocycles. The summed E-state index contributed by atoms with van der Waals surface area (Å²) in [5.74, 6) is 0.740. The second-order valence-corrected chi connectivity index (χ2v) is 4.85. The lowest BCUT2D eigenvalue weighted by Gasteiger charge is -2.17. The van der Waals surface area contributed by atoms with Gasteiger partial charge in [-0.25, -0.2) is 0 Å². The predicted octanol–water partition coefficient (Wildman–Crippen LogP) is 3.27. The molecule has 0 heterocycles. The highest BCUT2D eigenvalue weighted by Crippen LogP contribution is 2.14. The van der Waals surface area contributed by atoms with Gasteiger partial charge in [-0.05, 0) is 43.8 Å². The third-order valence-electron chi connectivity index (χ3n) is 3.26. The number of benzene rings is 1. The fourth-order valence-electron chi connectivity index (χ4n) is 2.25. The number of rotatable bonds is 10. The Labute approximate surface area is 112 Å². The van der Waals surface area contributed by atoms with Gasteiger partial charge in [-0.1, -0.05) is 43.7 Å². The molecule has 0 saturated carbocycles. The molecule has 1 rings (SSSR count). The molecule has 102 valence electrons. The highest BCUT2D eigenvalue weighted by Gasteiger charge is 2.08. The highest BCUT2D eigenvalue weighted by atomic mass is 16.5. The van der Waals surface area contributed by atoms with Gasteiger partial charge in [-0.3, -0.25) is 0 Å². The molecule has 1 unspecified atom stereocenters. The fraction of sp³-hybridized carbons (Fsp3) is 0.625. The maximum atomic E-state index is 5.11. The average molecular weight is 249 g/mol. The number of methoxy groups -OCH3 is 1. The van der Waals surface area contributed by atoms with Crippen molar-refractivity contribution >= 4 is 0 Å². The summed E-state index contributed by atoms with van der Waals surface area (Å²) in [4.78, 5) is 0. The van der Waals surface area contributed by atoms with E-state index >= 15 is 0 Å². The predicted molar refractivity (Wildman–Crippen MR) is 77.9 cm³/mol. The van der Waals surface area contributed by atoms with Gasteiger partial charge in [0.2, 0.25) is 0 Å².